The van der Waals surface area contributed by atoms with Crippen LogP contribution in [0.25, 0.3) is 11.0 Å². The number of fused-ring (bicyclic) bond motifs is 1. The van der Waals surface area contributed by atoms with Gasteiger partial charge in [-0.3, -0.25) is 5.10 Å². The highest BCUT2D eigenvalue weighted by molar-refractivity contribution is 5.85. The van der Waals surface area contributed by atoms with Crippen molar-refractivity contribution >= 4 is 16.9 Å². The number of piperidine rings is 1. The quantitative estimate of drug-likeness (QED) is 0.748. The molecule has 1 aliphatic heterocycles. The van der Waals surface area contributed by atoms with E-state index in [1.807, 2.05) is 19.2 Å². The molecule has 1 saturated heterocycles. The predicted molar refractivity (Wildman–Crippen MR) is 79.2 cm³/mol. The second-order valence-electron chi connectivity index (χ2n) is 5.50. The van der Waals surface area contributed by atoms with Crippen LogP contribution in [-0.4, -0.2) is 43.2 Å². The third kappa shape index (κ3) is 2.14. The fraction of sp³-hybridized carbons (Fsp3) is 0.429. The number of anilines is 1. The van der Waals surface area contributed by atoms with Crippen molar-refractivity contribution in [2.24, 2.45) is 0 Å². The summed E-state index contributed by atoms with van der Waals surface area (Å²) in [4.78, 5) is 18.8. The molecular weight excluding hydrogens is 266 g/mol. The normalized spacial score (nSPS) is 19.3. The van der Waals surface area contributed by atoms with E-state index in [1.165, 1.54) is 0 Å². The summed E-state index contributed by atoms with van der Waals surface area (Å²) < 4.78 is 0. The van der Waals surface area contributed by atoms with Gasteiger partial charge in [0.05, 0.1) is 5.52 Å². The van der Waals surface area contributed by atoms with E-state index in [-0.39, 0.29) is 0 Å². The van der Waals surface area contributed by atoms with Crippen molar-refractivity contribution in [3.05, 3.63) is 30.2 Å². The number of aromatic amines is 2. The van der Waals surface area contributed by atoms with Crippen LogP contribution in [-0.2, 0) is 0 Å². The van der Waals surface area contributed by atoms with Gasteiger partial charge in [0.2, 0.25) is 0 Å². The Kier molecular flexibility index (Phi) is 2.83. The van der Waals surface area contributed by atoms with E-state index in [0.29, 0.717) is 5.92 Å². The molecule has 0 aromatic carbocycles. The molecule has 3 aromatic heterocycles. The van der Waals surface area contributed by atoms with Gasteiger partial charge in [-0.1, -0.05) is 0 Å². The zero-order valence-corrected chi connectivity index (χ0v) is 11.9. The van der Waals surface area contributed by atoms with E-state index in [1.54, 1.807) is 6.33 Å². The third-order valence-electron chi connectivity index (χ3n) is 4.03. The molecule has 1 fully saturated rings. The minimum atomic E-state index is 0.351. The van der Waals surface area contributed by atoms with E-state index < -0.39 is 0 Å². The van der Waals surface area contributed by atoms with Crippen molar-refractivity contribution in [3.8, 4) is 0 Å². The summed E-state index contributed by atoms with van der Waals surface area (Å²) in [5.74, 6) is 3.11. The van der Waals surface area contributed by atoms with E-state index >= 15 is 0 Å². The van der Waals surface area contributed by atoms with Crippen LogP contribution >= 0.6 is 0 Å². The third-order valence-corrected chi connectivity index (χ3v) is 4.03. The second kappa shape index (κ2) is 4.83. The maximum Gasteiger partial charge on any atom is 0.156 e. The van der Waals surface area contributed by atoms with Crippen molar-refractivity contribution in [1.82, 2.24) is 30.1 Å². The number of aryl methyl sites for hydroxylation is 1. The molecule has 1 atom stereocenters. The molecule has 0 radical (unpaired) electrons. The van der Waals surface area contributed by atoms with E-state index in [9.17, 15) is 0 Å². The van der Waals surface area contributed by atoms with Crippen LogP contribution in [0, 0.1) is 6.92 Å². The summed E-state index contributed by atoms with van der Waals surface area (Å²) in [5, 5.41) is 7.25. The molecular formula is C14H17N7. The molecule has 4 rings (SSSR count). The molecule has 7 nitrogen and oxygen atoms in total. The Morgan fingerprint density at radius 1 is 1.33 bits per heavy atom. The summed E-state index contributed by atoms with van der Waals surface area (Å²) in [6.45, 7) is 3.83. The highest BCUT2D eigenvalue weighted by Crippen LogP contribution is 2.29. The zero-order chi connectivity index (χ0) is 14.2. The predicted octanol–water partition coefficient (Wildman–Crippen LogP) is 1.77. The number of aromatic nitrogens is 6. The Morgan fingerprint density at radius 2 is 2.29 bits per heavy atom. The molecule has 21 heavy (non-hydrogen) atoms. The fourth-order valence-corrected chi connectivity index (χ4v) is 3.02. The number of rotatable bonds is 2. The lowest BCUT2D eigenvalue weighted by Gasteiger charge is -2.32. The van der Waals surface area contributed by atoms with Crippen LogP contribution in [0.5, 0.6) is 0 Å². The topological polar surface area (TPSA) is 86.4 Å². The maximum atomic E-state index is 4.48. The second-order valence-corrected chi connectivity index (χ2v) is 5.50. The lowest BCUT2D eigenvalue weighted by molar-refractivity contribution is 0.490. The molecule has 0 aliphatic carbocycles. The van der Waals surface area contributed by atoms with Crippen molar-refractivity contribution in [2.45, 2.75) is 25.7 Å². The number of nitrogens with zero attached hydrogens (tertiary/aromatic N) is 5. The van der Waals surface area contributed by atoms with Gasteiger partial charge < -0.3 is 9.88 Å². The Labute approximate surface area is 121 Å². The van der Waals surface area contributed by atoms with Crippen LogP contribution < -0.4 is 4.90 Å². The minimum Gasteiger partial charge on any atom is -0.357 e. The van der Waals surface area contributed by atoms with Crippen molar-refractivity contribution in [1.29, 1.82) is 0 Å². The van der Waals surface area contributed by atoms with E-state index in [2.05, 4.69) is 35.0 Å². The van der Waals surface area contributed by atoms with Crippen LogP contribution in [0.2, 0.25) is 0 Å². The molecule has 1 unspecified atom stereocenters. The SMILES string of the molecule is Cc1nc(C2CCCN(c3ncnc4cc[nH]c34)C2)n[nH]1. The first-order valence-corrected chi connectivity index (χ1v) is 7.23. The largest absolute Gasteiger partial charge is 0.357 e. The standard InChI is InChI=1S/C14H17N7/c1-9-18-13(20-19-9)10-3-2-6-21(7-10)14-12-11(4-5-15-12)16-8-17-14/h4-5,8,10,15H,2-3,6-7H2,1H3,(H,18,19,20). The molecule has 4 heterocycles. The molecule has 3 aromatic rings. The number of H-pyrrole nitrogens is 2. The molecule has 0 saturated carbocycles. The zero-order valence-electron chi connectivity index (χ0n) is 11.9. The smallest absolute Gasteiger partial charge is 0.156 e. The molecule has 0 bridgehead atoms. The minimum absolute atomic E-state index is 0.351. The Hall–Kier alpha value is -2.44. The summed E-state index contributed by atoms with van der Waals surface area (Å²) in [6.07, 6.45) is 5.77. The Morgan fingerprint density at radius 3 is 3.14 bits per heavy atom. The van der Waals surface area contributed by atoms with Gasteiger partial charge in [0.1, 0.15) is 17.7 Å². The van der Waals surface area contributed by atoms with Gasteiger partial charge in [-0.15, -0.1) is 0 Å². The molecule has 2 N–H and O–H groups in total. The molecule has 0 amide bonds. The van der Waals surface area contributed by atoms with Crippen LogP contribution in [0.1, 0.15) is 30.4 Å². The Bertz CT molecular complexity index is 759. The first kappa shape index (κ1) is 12.3. The lowest BCUT2D eigenvalue weighted by atomic mass is 9.97. The van der Waals surface area contributed by atoms with E-state index in [0.717, 1.165) is 54.4 Å². The number of nitrogens with one attached hydrogen (secondary N) is 2. The Balaban J connectivity index is 1.65. The molecule has 0 spiro atoms. The van der Waals surface area contributed by atoms with Gasteiger partial charge in [0.15, 0.2) is 11.6 Å². The van der Waals surface area contributed by atoms with E-state index in [4.69, 9.17) is 0 Å². The van der Waals surface area contributed by atoms with Gasteiger partial charge in [-0.25, -0.2) is 15.0 Å². The summed E-state index contributed by atoms with van der Waals surface area (Å²) in [5.41, 5.74) is 1.96. The molecule has 7 heteroatoms. The van der Waals surface area contributed by atoms with Crippen LogP contribution in [0.3, 0.4) is 0 Å². The molecule has 1 aliphatic rings. The summed E-state index contributed by atoms with van der Waals surface area (Å²) in [6, 6.07) is 1.97. The van der Waals surface area contributed by atoms with Gasteiger partial charge in [0.25, 0.3) is 0 Å². The van der Waals surface area contributed by atoms with Gasteiger partial charge in [0, 0.05) is 25.2 Å². The highest BCUT2D eigenvalue weighted by Gasteiger charge is 2.26. The van der Waals surface area contributed by atoms with Crippen molar-refractivity contribution in [2.75, 3.05) is 18.0 Å². The summed E-state index contributed by atoms with van der Waals surface area (Å²) >= 11 is 0. The van der Waals surface area contributed by atoms with Crippen molar-refractivity contribution in [3.63, 3.8) is 0 Å². The maximum absolute atomic E-state index is 4.48. The lowest BCUT2D eigenvalue weighted by Crippen LogP contribution is -2.35. The number of hydrogen-bond acceptors (Lipinski definition) is 5. The summed E-state index contributed by atoms with van der Waals surface area (Å²) in [7, 11) is 0. The highest BCUT2D eigenvalue weighted by atomic mass is 15.2. The monoisotopic (exact) mass is 283 g/mol. The van der Waals surface area contributed by atoms with Crippen LogP contribution in [0.4, 0.5) is 5.82 Å². The van der Waals surface area contributed by atoms with Gasteiger partial charge in [-0.2, -0.15) is 5.10 Å². The van der Waals surface area contributed by atoms with Gasteiger partial charge >= 0.3 is 0 Å². The van der Waals surface area contributed by atoms with Gasteiger partial charge in [-0.05, 0) is 25.8 Å². The van der Waals surface area contributed by atoms with Crippen molar-refractivity contribution < 1.29 is 0 Å². The average Bonchev–Trinajstić information content (AvgIpc) is 3.15. The number of hydrogen-bond donors (Lipinski definition) is 2. The average molecular weight is 283 g/mol. The molecule has 108 valence electrons. The van der Waals surface area contributed by atoms with Crippen LogP contribution in [0.15, 0.2) is 18.6 Å². The fourth-order valence-electron chi connectivity index (χ4n) is 3.02. The first-order chi connectivity index (χ1) is 10.3. The first-order valence-electron chi connectivity index (χ1n) is 7.23.